The van der Waals surface area contributed by atoms with E-state index in [1.54, 1.807) is 0 Å². The molecule has 0 spiro atoms. The standard InChI is InChI=1S/C31H37N5O3/c37-28(22-3-1-4-22)36(24-6-2-5-23(18-24)27-32-25(34-38-27)17-20-7-8-20)19-30-11-14-31(15-12-30,16-13-30)29-33-26(35-39-29)21-9-10-21/h2,5-6,18,20-22H,1,3-4,7-17,19H2. The zero-order valence-electron chi connectivity index (χ0n) is 22.6. The van der Waals surface area contributed by atoms with Crippen molar-refractivity contribution in [2.45, 2.75) is 101 Å². The van der Waals surface area contributed by atoms with Crippen molar-refractivity contribution >= 4 is 11.6 Å². The molecule has 6 aliphatic carbocycles. The molecule has 0 aliphatic heterocycles. The lowest BCUT2D eigenvalue weighted by Crippen LogP contribution is -2.52. The number of fused-ring (bicyclic) bond motifs is 3. The molecule has 0 unspecified atom stereocenters. The van der Waals surface area contributed by atoms with Gasteiger partial charge in [-0.15, -0.1) is 0 Å². The number of carbonyl (C=O) groups excluding carboxylic acids is 1. The van der Waals surface area contributed by atoms with Crippen LogP contribution in [0.4, 0.5) is 5.69 Å². The lowest BCUT2D eigenvalue weighted by atomic mass is 9.53. The summed E-state index contributed by atoms with van der Waals surface area (Å²) in [4.78, 5) is 25.5. The van der Waals surface area contributed by atoms with E-state index >= 15 is 0 Å². The summed E-state index contributed by atoms with van der Waals surface area (Å²) in [7, 11) is 0. The number of aromatic nitrogens is 4. The summed E-state index contributed by atoms with van der Waals surface area (Å²) >= 11 is 0. The van der Waals surface area contributed by atoms with Gasteiger partial charge in [0, 0.05) is 41.5 Å². The van der Waals surface area contributed by atoms with E-state index in [0.717, 1.165) is 99.5 Å². The third-order valence-corrected chi connectivity index (χ3v) is 10.5. The number of hydrogen-bond acceptors (Lipinski definition) is 7. The Labute approximate surface area is 228 Å². The number of anilines is 1. The summed E-state index contributed by atoms with van der Waals surface area (Å²) in [5.74, 6) is 4.77. The van der Waals surface area contributed by atoms with Crippen molar-refractivity contribution in [3.8, 4) is 11.5 Å². The highest BCUT2D eigenvalue weighted by Gasteiger charge is 2.53. The molecular weight excluding hydrogens is 490 g/mol. The Morgan fingerprint density at radius 1 is 0.923 bits per heavy atom. The molecule has 0 radical (unpaired) electrons. The molecule has 1 aromatic carbocycles. The van der Waals surface area contributed by atoms with Crippen molar-refractivity contribution < 1.29 is 13.8 Å². The van der Waals surface area contributed by atoms with Crippen molar-refractivity contribution in [3.63, 3.8) is 0 Å². The van der Waals surface area contributed by atoms with Crippen molar-refractivity contribution in [2.75, 3.05) is 11.4 Å². The SMILES string of the molecule is O=C(C1CCC1)N(CC12CCC(c3nc(C4CC4)no3)(CC1)CC2)c1cccc(-c2nc(CC3CC3)no2)c1. The van der Waals surface area contributed by atoms with Gasteiger partial charge in [0.25, 0.3) is 5.89 Å². The highest BCUT2D eigenvalue weighted by molar-refractivity contribution is 5.96. The van der Waals surface area contributed by atoms with Crippen LogP contribution < -0.4 is 4.90 Å². The van der Waals surface area contributed by atoms with Crippen molar-refractivity contribution in [1.82, 2.24) is 20.3 Å². The van der Waals surface area contributed by atoms with Gasteiger partial charge in [0.2, 0.25) is 11.8 Å². The molecule has 0 atom stereocenters. The molecule has 0 saturated heterocycles. The first-order valence-electron chi connectivity index (χ1n) is 15.2. The fraction of sp³-hybridized carbons (Fsp3) is 0.645. The Morgan fingerprint density at radius 2 is 1.72 bits per heavy atom. The van der Waals surface area contributed by atoms with Crippen LogP contribution in [-0.2, 0) is 16.6 Å². The smallest absolute Gasteiger partial charge is 0.257 e. The molecule has 1 amide bonds. The first-order chi connectivity index (χ1) is 19.1. The summed E-state index contributed by atoms with van der Waals surface area (Å²) in [5.41, 5.74) is 2.01. The molecule has 9 rings (SSSR count). The monoisotopic (exact) mass is 527 g/mol. The molecular formula is C31H37N5O3. The van der Waals surface area contributed by atoms with Crippen LogP contribution in [0.3, 0.4) is 0 Å². The zero-order valence-corrected chi connectivity index (χ0v) is 22.6. The molecule has 2 bridgehead atoms. The number of nitrogens with zero attached hydrogens (tertiary/aromatic N) is 5. The molecule has 3 aromatic rings. The summed E-state index contributed by atoms with van der Waals surface area (Å²) in [6.07, 6.45) is 15.4. The Kier molecular flexibility index (Phi) is 5.50. The minimum Gasteiger partial charge on any atom is -0.339 e. The number of rotatable bonds is 9. The van der Waals surface area contributed by atoms with Gasteiger partial charge in [0.1, 0.15) is 0 Å². The van der Waals surface area contributed by atoms with Gasteiger partial charge in [-0.2, -0.15) is 9.97 Å². The average Bonchev–Trinajstić information content (AvgIpc) is 3.86. The topological polar surface area (TPSA) is 98.2 Å². The Morgan fingerprint density at radius 3 is 2.41 bits per heavy atom. The van der Waals surface area contributed by atoms with Crippen LogP contribution in [-0.4, -0.2) is 32.7 Å². The Balaban J connectivity index is 1.03. The van der Waals surface area contributed by atoms with Gasteiger partial charge >= 0.3 is 0 Å². The van der Waals surface area contributed by atoms with Crippen LogP contribution in [0.5, 0.6) is 0 Å². The second-order valence-corrected chi connectivity index (χ2v) is 13.3. The van der Waals surface area contributed by atoms with E-state index in [2.05, 4.69) is 32.3 Å². The van der Waals surface area contributed by atoms with Crippen LogP contribution >= 0.6 is 0 Å². The molecule has 6 saturated carbocycles. The van der Waals surface area contributed by atoms with Gasteiger partial charge in [-0.1, -0.05) is 22.8 Å². The van der Waals surface area contributed by atoms with Crippen LogP contribution in [0, 0.1) is 17.3 Å². The van der Waals surface area contributed by atoms with E-state index in [9.17, 15) is 4.79 Å². The second-order valence-electron chi connectivity index (χ2n) is 13.3. The normalized spacial score (nSPS) is 28.4. The van der Waals surface area contributed by atoms with Gasteiger partial charge in [0.15, 0.2) is 11.6 Å². The van der Waals surface area contributed by atoms with E-state index < -0.39 is 0 Å². The van der Waals surface area contributed by atoms with E-state index in [4.69, 9.17) is 14.0 Å². The van der Waals surface area contributed by atoms with E-state index in [1.165, 1.54) is 25.7 Å². The summed E-state index contributed by atoms with van der Waals surface area (Å²) < 4.78 is 11.5. The zero-order chi connectivity index (χ0) is 26.0. The summed E-state index contributed by atoms with van der Waals surface area (Å²) in [6, 6.07) is 8.19. The molecule has 6 fully saturated rings. The van der Waals surface area contributed by atoms with Gasteiger partial charge in [-0.05, 0) is 107 Å². The number of benzene rings is 1. The second kappa shape index (κ2) is 9.00. The molecule has 8 heteroatoms. The molecule has 0 N–H and O–H groups in total. The average molecular weight is 528 g/mol. The van der Waals surface area contributed by atoms with Crippen LogP contribution in [0.25, 0.3) is 11.5 Å². The Hall–Kier alpha value is -3.03. The first kappa shape index (κ1) is 23.8. The third kappa shape index (κ3) is 4.40. The minimum atomic E-state index is 0.0285. The maximum Gasteiger partial charge on any atom is 0.257 e. The van der Waals surface area contributed by atoms with Gasteiger partial charge in [-0.25, -0.2) is 0 Å². The predicted molar refractivity (Wildman–Crippen MR) is 144 cm³/mol. The first-order valence-corrected chi connectivity index (χ1v) is 15.2. The molecule has 204 valence electrons. The third-order valence-electron chi connectivity index (χ3n) is 10.5. The van der Waals surface area contributed by atoms with Crippen LogP contribution in [0.1, 0.15) is 107 Å². The summed E-state index contributed by atoms with van der Waals surface area (Å²) in [6.45, 7) is 0.774. The quantitative estimate of drug-likeness (QED) is 0.319. The maximum absolute atomic E-state index is 13.8. The molecule has 2 aromatic heterocycles. The van der Waals surface area contributed by atoms with E-state index in [-0.39, 0.29) is 22.7 Å². The Bertz CT molecular complexity index is 1360. The number of hydrogen-bond donors (Lipinski definition) is 0. The van der Waals surface area contributed by atoms with E-state index in [1.807, 2.05) is 12.1 Å². The fourth-order valence-corrected chi connectivity index (χ4v) is 7.13. The van der Waals surface area contributed by atoms with Crippen LogP contribution in [0.15, 0.2) is 33.3 Å². The minimum absolute atomic E-state index is 0.0285. The number of amides is 1. The lowest BCUT2D eigenvalue weighted by molar-refractivity contribution is -0.125. The van der Waals surface area contributed by atoms with Crippen LogP contribution in [0.2, 0.25) is 0 Å². The fourth-order valence-electron chi connectivity index (χ4n) is 7.13. The summed E-state index contributed by atoms with van der Waals surface area (Å²) in [5, 5.41) is 8.54. The van der Waals surface area contributed by atoms with Crippen molar-refractivity contribution in [3.05, 3.63) is 41.8 Å². The maximum atomic E-state index is 13.8. The van der Waals surface area contributed by atoms with E-state index in [0.29, 0.717) is 17.7 Å². The predicted octanol–water partition coefficient (Wildman–Crippen LogP) is 6.37. The van der Waals surface area contributed by atoms with Crippen molar-refractivity contribution in [1.29, 1.82) is 0 Å². The molecule has 39 heavy (non-hydrogen) atoms. The largest absolute Gasteiger partial charge is 0.339 e. The number of carbonyl (C=O) groups is 1. The van der Waals surface area contributed by atoms with Gasteiger partial charge < -0.3 is 13.9 Å². The molecule has 8 nitrogen and oxygen atoms in total. The van der Waals surface area contributed by atoms with Gasteiger partial charge in [0.05, 0.1) is 0 Å². The van der Waals surface area contributed by atoms with Crippen molar-refractivity contribution in [2.24, 2.45) is 17.3 Å². The van der Waals surface area contributed by atoms with Gasteiger partial charge in [-0.3, -0.25) is 4.79 Å². The lowest BCUT2D eigenvalue weighted by Gasteiger charge is -2.53. The highest BCUT2D eigenvalue weighted by Crippen LogP contribution is 2.58. The molecule has 6 aliphatic rings. The molecule has 2 heterocycles. The highest BCUT2D eigenvalue weighted by atomic mass is 16.5.